The summed E-state index contributed by atoms with van der Waals surface area (Å²) in [5, 5.41) is 3.12. The maximum atomic E-state index is 15.8. The van der Waals surface area contributed by atoms with Crippen LogP contribution in [0.3, 0.4) is 0 Å². The lowest BCUT2D eigenvalue weighted by atomic mass is 9.83. The summed E-state index contributed by atoms with van der Waals surface area (Å²) in [6, 6.07) is 3.32. The highest BCUT2D eigenvalue weighted by molar-refractivity contribution is 5.79. The summed E-state index contributed by atoms with van der Waals surface area (Å²) < 4.78 is 56.7. The van der Waals surface area contributed by atoms with Crippen LogP contribution in [0.5, 0.6) is 0 Å². The number of likely N-dealkylation sites (tertiary alicyclic amines) is 1. The molecule has 0 bridgehead atoms. The summed E-state index contributed by atoms with van der Waals surface area (Å²) in [4.78, 5) is 12.6. The number of benzene rings is 1. The maximum absolute atomic E-state index is 15.8. The molecule has 1 N–H and O–H groups in total. The van der Waals surface area contributed by atoms with Crippen molar-refractivity contribution in [3.05, 3.63) is 52.6 Å². The molecular formula is C23H27F4N5. The fourth-order valence-electron chi connectivity index (χ4n) is 4.41. The Morgan fingerprint density at radius 2 is 1.78 bits per heavy atom. The number of hydrogen-bond acceptors (Lipinski definition) is 5. The maximum Gasteiger partial charge on any atom is 0.266 e. The fourth-order valence-corrected chi connectivity index (χ4v) is 4.41. The largest absolute Gasteiger partial charge is 0.363 e. The van der Waals surface area contributed by atoms with E-state index in [1.54, 1.807) is 13.0 Å². The van der Waals surface area contributed by atoms with Gasteiger partial charge in [-0.05, 0) is 38.5 Å². The Hall–Kier alpha value is -2.68. The number of likely N-dealkylation sites (N-methyl/N-ethyl adjacent to an activating group) is 1. The van der Waals surface area contributed by atoms with E-state index in [1.807, 2.05) is 19.0 Å². The van der Waals surface area contributed by atoms with Crippen molar-refractivity contribution in [3.8, 4) is 0 Å². The van der Waals surface area contributed by atoms with Crippen LogP contribution in [-0.2, 0) is 0 Å². The first-order valence-corrected chi connectivity index (χ1v) is 10.7. The zero-order valence-electron chi connectivity index (χ0n) is 18.4. The van der Waals surface area contributed by atoms with Crippen LogP contribution >= 0.6 is 0 Å². The van der Waals surface area contributed by atoms with Gasteiger partial charge in [0.1, 0.15) is 29.4 Å². The Morgan fingerprint density at radius 1 is 1.09 bits per heavy atom. The summed E-state index contributed by atoms with van der Waals surface area (Å²) in [7, 11) is 3.83. The molecule has 172 valence electrons. The zero-order valence-corrected chi connectivity index (χ0v) is 18.4. The van der Waals surface area contributed by atoms with Crippen LogP contribution < -0.4 is 10.2 Å². The van der Waals surface area contributed by atoms with Crippen LogP contribution in [0.2, 0.25) is 0 Å². The molecule has 2 aliphatic rings. The van der Waals surface area contributed by atoms with E-state index >= 15 is 4.39 Å². The van der Waals surface area contributed by atoms with Crippen molar-refractivity contribution in [1.82, 2.24) is 14.9 Å². The number of hydrogen-bond donors (Lipinski definition) is 1. The summed E-state index contributed by atoms with van der Waals surface area (Å²) in [6.45, 7) is 3.45. The normalized spacial score (nSPS) is 19.5. The molecule has 9 heteroatoms. The molecule has 0 aliphatic carbocycles. The van der Waals surface area contributed by atoms with Crippen LogP contribution in [0, 0.1) is 5.82 Å². The Bertz CT molecular complexity index is 1020. The first-order valence-electron chi connectivity index (χ1n) is 10.7. The average molecular weight is 449 g/mol. The van der Waals surface area contributed by atoms with Gasteiger partial charge in [0.25, 0.3) is 6.43 Å². The molecule has 2 aromatic rings. The molecule has 1 aromatic carbocycles. The first kappa shape index (κ1) is 22.5. The van der Waals surface area contributed by atoms with Crippen molar-refractivity contribution in [1.29, 1.82) is 0 Å². The third kappa shape index (κ3) is 4.18. The Balaban J connectivity index is 1.67. The van der Waals surface area contributed by atoms with Gasteiger partial charge < -0.3 is 15.1 Å². The number of halogens is 4. The van der Waals surface area contributed by atoms with Crippen molar-refractivity contribution in [2.45, 2.75) is 37.9 Å². The van der Waals surface area contributed by atoms with Crippen LogP contribution in [0.25, 0.3) is 6.08 Å². The van der Waals surface area contributed by atoms with Gasteiger partial charge in [0.15, 0.2) is 0 Å². The van der Waals surface area contributed by atoms with Gasteiger partial charge in [0, 0.05) is 32.2 Å². The number of nitrogens with zero attached hydrogens (tertiary/aromatic N) is 4. The number of nitrogens with one attached hydrogen (secondary N) is 1. The average Bonchev–Trinajstić information content (AvgIpc) is 2.76. The molecule has 0 saturated carbocycles. The minimum absolute atomic E-state index is 0.112. The molecular weight excluding hydrogens is 422 g/mol. The summed E-state index contributed by atoms with van der Waals surface area (Å²) in [5.74, 6) is 0.106. The summed E-state index contributed by atoms with van der Waals surface area (Å²) in [6.07, 6.45) is 1.11. The van der Waals surface area contributed by atoms with Gasteiger partial charge in [0.2, 0.25) is 0 Å². The highest BCUT2D eigenvalue weighted by atomic mass is 19.3. The van der Waals surface area contributed by atoms with E-state index in [1.165, 1.54) is 18.5 Å². The predicted molar refractivity (Wildman–Crippen MR) is 117 cm³/mol. The van der Waals surface area contributed by atoms with Crippen molar-refractivity contribution >= 4 is 17.7 Å². The van der Waals surface area contributed by atoms with E-state index < -0.39 is 29.5 Å². The Labute approximate surface area is 185 Å². The minimum Gasteiger partial charge on any atom is -0.363 e. The minimum atomic E-state index is -2.90. The second kappa shape index (κ2) is 8.69. The second-order valence-corrected chi connectivity index (χ2v) is 8.67. The molecule has 0 unspecified atom stereocenters. The van der Waals surface area contributed by atoms with Crippen molar-refractivity contribution in [2.24, 2.45) is 0 Å². The number of aromatic nitrogens is 2. The lowest BCUT2D eigenvalue weighted by molar-refractivity contribution is 0.101. The predicted octanol–water partition coefficient (Wildman–Crippen LogP) is 4.99. The molecule has 2 aliphatic heterocycles. The van der Waals surface area contributed by atoms with Crippen molar-refractivity contribution in [2.75, 3.05) is 43.9 Å². The number of anilines is 2. The van der Waals surface area contributed by atoms with E-state index in [0.717, 1.165) is 6.07 Å². The number of fused-ring (bicyclic) bond motifs is 1. The highest BCUT2D eigenvalue weighted by Gasteiger charge is 2.39. The quantitative estimate of drug-likeness (QED) is 0.652. The van der Waals surface area contributed by atoms with Gasteiger partial charge in [-0.1, -0.05) is 18.2 Å². The lowest BCUT2D eigenvalue weighted by Crippen LogP contribution is -2.44. The third-order valence-electron chi connectivity index (χ3n) is 6.42. The second-order valence-electron chi connectivity index (χ2n) is 8.67. The van der Waals surface area contributed by atoms with Gasteiger partial charge >= 0.3 is 0 Å². The SMILES string of the molecule is C[C@@H](Nc1ncnc2c1C=C(C1(F)CCN(C)CC1)CN2C)c1cccc(C(F)F)c1F. The zero-order chi connectivity index (χ0) is 23.0. The van der Waals surface area contributed by atoms with Gasteiger partial charge in [-0.2, -0.15) is 0 Å². The van der Waals surface area contributed by atoms with Gasteiger partial charge in [-0.15, -0.1) is 0 Å². The highest BCUT2D eigenvalue weighted by Crippen LogP contribution is 2.41. The van der Waals surface area contributed by atoms with E-state index in [2.05, 4.69) is 20.2 Å². The standard InChI is InChI=1S/C23H27F4N5/c1-14(16-5-4-6-17(19(16)24)20(25)26)30-21-18-11-15(12-32(3)22(18)29-13-28-21)23(27)7-9-31(2)10-8-23/h4-6,11,13-14,20H,7-10,12H2,1-3H3,(H,28,29,30)/t14-/m1/s1. The van der Waals surface area contributed by atoms with Crippen molar-refractivity contribution in [3.63, 3.8) is 0 Å². The lowest BCUT2D eigenvalue weighted by Gasteiger charge is -2.39. The molecule has 0 spiro atoms. The molecule has 5 nitrogen and oxygen atoms in total. The smallest absolute Gasteiger partial charge is 0.266 e. The van der Waals surface area contributed by atoms with Crippen LogP contribution in [0.15, 0.2) is 30.1 Å². The molecule has 1 aromatic heterocycles. The summed E-state index contributed by atoms with van der Waals surface area (Å²) >= 11 is 0. The third-order valence-corrected chi connectivity index (χ3v) is 6.42. The fraction of sp³-hybridized carbons (Fsp3) is 0.478. The van der Waals surface area contributed by atoms with Crippen LogP contribution in [0.1, 0.15) is 48.9 Å². The Morgan fingerprint density at radius 3 is 2.47 bits per heavy atom. The molecule has 3 heterocycles. The van der Waals surface area contributed by atoms with Crippen LogP contribution in [0.4, 0.5) is 29.2 Å². The van der Waals surface area contributed by atoms with Gasteiger partial charge in [-0.25, -0.2) is 27.5 Å². The van der Waals surface area contributed by atoms with E-state index in [-0.39, 0.29) is 5.56 Å². The first-order chi connectivity index (χ1) is 15.2. The van der Waals surface area contributed by atoms with Crippen molar-refractivity contribution < 1.29 is 17.6 Å². The molecule has 4 rings (SSSR count). The van der Waals surface area contributed by atoms with Crippen LogP contribution in [-0.4, -0.2) is 54.3 Å². The van der Waals surface area contributed by atoms with E-state index in [9.17, 15) is 13.2 Å². The van der Waals surface area contributed by atoms with Gasteiger partial charge in [0.05, 0.1) is 17.2 Å². The topological polar surface area (TPSA) is 44.3 Å². The van der Waals surface area contributed by atoms with E-state index in [0.29, 0.717) is 55.2 Å². The molecule has 1 fully saturated rings. The number of alkyl halides is 3. The number of rotatable bonds is 5. The van der Waals surface area contributed by atoms with E-state index in [4.69, 9.17) is 0 Å². The molecule has 1 saturated heterocycles. The molecule has 32 heavy (non-hydrogen) atoms. The monoisotopic (exact) mass is 449 g/mol. The molecule has 1 atom stereocenters. The Kier molecular flexibility index (Phi) is 6.11. The summed E-state index contributed by atoms with van der Waals surface area (Å²) in [5.41, 5.74) is -0.652. The number of piperidine rings is 1. The van der Waals surface area contributed by atoms with Gasteiger partial charge in [-0.3, -0.25) is 0 Å². The molecule has 0 radical (unpaired) electrons. The molecule has 0 amide bonds.